The zero-order valence-electron chi connectivity index (χ0n) is 17.3. The van der Waals surface area contributed by atoms with Crippen LogP contribution in [0.1, 0.15) is 58.1 Å². The van der Waals surface area contributed by atoms with Crippen molar-refractivity contribution in [2.75, 3.05) is 34.2 Å². The molecule has 0 saturated carbocycles. The van der Waals surface area contributed by atoms with Gasteiger partial charge in [0.15, 0.2) is 5.96 Å². The standard InChI is InChI=1S/C19H38N6/c1-8-9-10-11-19(2,3)15-22-18(20-4)21-13-17(24(5)6)16-12-23-25(7)14-16/h12,14,17H,8-11,13,15H2,1-7H3,(H2,20,21,22). The van der Waals surface area contributed by atoms with Crippen molar-refractivity contribution in [1.29, 1.82) is 0 Å². The molecule has 1 unspecified atom stereocenters. The van der Waals surface area contributed by atoms with Gasteiger partial charge in [-0.25, -0.2) is 0 Å². The minimum Gasteiger partial charge on any atom is -0.356 e. The third kappa shape index (κ3) is 7.90. The number of nitrogens with one attached hydrogen (secondary N) is 2. The van der Waals surface area contributed by atoms with E-state index >= 15 is 0 Å². The summed E-state index contributed by atoms with van der Waals surface area (Å²) >= 11 is 0. The van der Waals surface area contributed by atoms with Crippen LogP contribution in [-0.4, -0.2) is 54.9 Å². The van der Waals surface area contributed by atoms with Crippen molar-refractivity contribution in [1.82, 2.24) is 25.3 Å². The second-order valence-electron chi connectivity index (χ2n) is 7.85. The first kappa shape index (κ1) is 21.5. The van der Waals surface area contributed by atoms with Crippen LogP contribution >= 0.6 is 0 Å². The molecule has 1 rings (SSSR count). The molecule has 1 heterocycles. The van der Waals surface area contributed by atoms with Crippen LogP contribution in [0.3, 0.4) is 0 Å². The van der Waals surface area contributed by atoms with E-state index in [4.69, 9.17) is 0 Å². The van der Waals surface area contributed by atoms with Crippen molar-refractivity contribution in [3.8, 4) is 0 Å². The molecule has 6 nitrogen and oxygen atoms in total. The van der Waals surface area contributed by atoms with Crippen molar-refractivity contribution in [2.45, 2.75) is 52.5 Å². The van der Waals surface area contributed by atoms with E-state index in [2.05, 4.69) is 66.7 Å². The van der Waals surface area contributed by atoms with Crippen molar-refractivity contribution in [3.05, 3.63) is 18.0 Å². The fourth-order valence-electron chi connectivity index (χ4n) is 2.89. The minimum atomic E-state index is 0.254. The Hall–Kier alpha value is -1.56. The lowest BCUT2D eigenvalue weighted by Crippen LogP contribution is -2.44. The Bertz CT molecular complexity index is 518. The van der Waals surface area contributed by atoms with Gasteiger partial charge in [-0.2, -0.15) is 5.10 Å². The highest BCUT2D eigenvalue weighted by Gasteiger charge is 2.19. The summed E-state index contributed by atoms with van der Waals surface area (Å²) in [7, 11) is 7.96. The molecule has 1 aromatic heterocycles. The molecule has 0 fully saturated rings. The van der Waals surface area contributed by atoms with Gasteiger partial charge < -0.3 is 15.5 Å². The monoisotopic (exact) mass is 350 g/mol. The van der Waals surface area contributed by atoms with E-state index < -0.39 is 0 Å². The Morgan fingerprint density at radius 3 is 2.56 bits per heavy atom. The second kappa shape index (κ2) is 10.4. The third-order valence-electron chi connectivity index (χ3n) is 4.61. The molecule has 1 atom stereocenters. The fourth-order valence-corrected chi connectivity index (χ4v) is 2.89. The molecule has 0 aliphatic heterocycles. The summed E-state index contributed by atoms with van der Waals surface area (Å²) in [6.45, 7) is 8.60. The highest BCUT2D eigenvalue weighted by atomic mass is 15.3. The Morgan fingerprint density at radius 1 is 1.32 bits per heavy atom. The second-order valence-corrected chi connectivity index (χ2v) is 7.85. The molecule has 0 aromatic carbocycles. The lowest BCUT2D eigenvalue weighted by atomic mass is 9.87. The average molecular weight is 351 g/mol. The van der Waals surface area contributed by atoms with E-state index in [1.807, 2.05) is 25.0 Å². The van der Waals surface area contributed by atoms with Crippen LogP contribution in [0, 0.1) is 5.41 Å². The number of aliphatic imine (C=N–C) groups is 1. The fraction of sp³-hybridized carbons (Fsp3) is 0.789. The molecule has 0 bridgehead atoms. The lowest BCUT2D eigenvalue weighted by molar-refractivity contribution is 0.295. The first-order chi connectivity index (χ1) is 11.8. The quantitative estimate of drug-likeness (QED) is 0.387. The van der Waals surface area contributed by atoms with Crippen LogP contribution in [0.2, 0.25) is 0 Å². The third-order valence-corrected chi connectivity index (χ3v) is 4.61. The zero-order valence-corrected chi connectivity index (χ0v) is 17.3. The predicted octanol–water partition coefficient (Wildman–Crippen LogP) is 2.79. The molecular weight excluding hydrogens is 312 g/mol. The molecule has 0 amide bonds. The number of rotatable bonds is 10. The highest BCUT2D eigenvalue weighted by Crippen LogP contribution is 2.22. The Balaban J connectivity index is 2.52. The van der Waals surface area contributed by atoms with E-state index in [0.29, 0.717) is 0 Å². The number of aryl methyl sites for hydroxylation is 1. The van der Waals surface area contributed by atoms with E-state index in [0.717, 1.165) is 19.0 Å². The van der Waals surface area contributed by atoms with Gasteiger partial charge in [0, 0.05) is 38.9 Å². The molecule has 0 aliphatic carbocycles. The lowest BCUT2D eigenvalue weighted by Gasteiger charge is -2.28. The Kier molecular flexibility index (Phi) is 8.97. The largest absolute Gasteiger partial charge is 0.356 e. The van der Waals surface area contributed by atoms with E-state index in [9.17, 15) is 0 Å². The summed E-state index contributed by atoms with van der Waals surface area (Å²) in [6.07, 6.45) is 9.11. The zero-order chi connectivity index (χ0) is 18.9. The normalized spacial score (nSPS) is 14.0. The number of hydrogen-bond donors (Lipinski definition) is 2. The maximum Gasteiger partial charge on any atom is 0.191 e. The number of guanidine groups is 1. The van der Waals surface area contributed by atoms with Crippen LogP contribution in [0.15, 0.2) is 17.4 Å². The predicted molar refractivity (Wildman–Crippen MR) is 107 cm³/mol. The summed E-state index contributed by atoms with van der Waals surface area (Å²) in [5.74, 6) is 0.860. The van der Waals surface area contributed by atoms with E-state index in [-0.39, 0.29) is 11.5 Å². The number of hydrogen-bond acceptors (Lipinski definition) is 3. The van der Waals surface area contributed by atoms with Gasteiger partial charge in [0.2, 0.25) is 0 Å². The molecule has 0 aliphatic rings. The molecular formula is C19H38N6. The smallest absolute Gasteiger partial charge is 0.191 e. The van der Waals surface area contributed by atoms with Crippen LogP contribution < -0.4 is 10.6 Å². The first-order valence-electron chi connectivity index (χ1n) is 9.38. The summed E-state index contributed by atoms with van der Waals surface area (Å²) in [5.41, 5.74) is 1.48. The molecule has 0 saturated heterocycles. The topological polar surface area (TPSA) is 57.5 Å². The van der Waals surface area contributed by atoms with Gasteiger partial charge in [0.1, 0.15) is 0 Å². The van der Waals surface area contributed by atoms with Gasteiger partial charge in [-0.15, -0.1) is 0 Å². The maximum absolute atomic E-state index is 4.37. The Morgan fingerprint density at radius 2 is 2.04 bits per heavy atom. The van der Waals surface area contributed by atoms with Crippen LogP contribution in [0.25, 0.3) is 0 Å². The first-order valence-corrected chi connectivity index (χ1v) is 9.38. The van der Waals surface area contributed by atoms with Crippen LogP contribution in [0.4, 0.5) is 0 Å². The number of unbranched alkanes of at least 4 members (excludes halogenated alkanes) is 2. The maximum atomic E-state index is 4.37. The molecule has 1 aromatic rings. The van der Waals surface area contributed by atoms with Crippen molar-refractivity contribution in [3.63, 3.8) is 0 Å². The van der Waals surface area contributed by atoms with Crippen LogP contribution in [0.5, 0.6) is 0 Å². The molecule has 144 valence electrons. The number of likely N-dealkylation sites (N-methyl/N-ethyl adjacent to an activating group) is 1. The van der Waals surface area contributed by atoms with E-state index in [1.54, 1.807) is 0 Å². The summed E-state index contributed by atoms with van der Waals surface area (Å²) in [6, 6.07) is 0.254. The summed E-state index contributed by atoms with van der Waals surface area (Å²) < 4.78 is 1.84. The van der Waals surface area contributed by atoms with Crippen molar-refractivity contribution < 1.29 is 0 Å². The van der Waals surface area contributed by atoms with Gasteiger partial charge in [0.05, 0.1) is 12.2 Å². The molecule has 0 spiro atoms. The summed E-state index contributed by atoms with van der Waals surface area (Å²) in [5, 5.41) is 11.2. The Labute approximate surface area is 154 Å². The van der Waals surface area contributed by atoms with Crippen molar-refractivity contribution >= 4 is 5.96 Å². The summed E-state index contributed by atoms with van der Waals surface area (Å²) in [4.78, 5) is 6.57. The SMILES string of the molecule is CCCCCC(C)(C)CNC(=NC)NCC(c1cnn(C)c1)N(C)C. The van der Waals surface area contributed by atoms with Crippen LogP contribution in [-0.2, 0) is 7.05 Å². The van der Waals surface area contributed by atoms with Gasteiger partial charge in [-0.3, -0.25) is 9.67 Å². The van der Waals surface area contributed by atoms with E-state index in [1.165, 1.54) is 31.2 Å². The van der Waals surface area contributed by atoms with Crippen molar-refractivity contribution in [2.24, 2.45) is 17.5 Å². The van der Waals surface area contributed by atoms with Gasteiger partial charge in [-0.05, 0) is 25.9 Å². The number of aromatic nitrogens is 2. The minimum absolute atomic E-state index is 0.254. The van der Waals surface area contributed by atoms with Gasteiger partial charge >= 0.3 is 0 Å². The molecule has 25 heavy (non-hydrogen) atoms. The molecule has 6 heteroatoms. The van der Waals surface area contributed by atoms with Gasteiger partial charge in [-0.1, -0.05) is 40.0 Å². The van der Waals surface area contributed by atoms with Gasteiger partial charge in [0.25, 0.3) is 0 Å². The molecule has 2 N–H and O–H groups in total. The molecule has 0 radical (unpaired) electrons. The average Bonchev–Trinajstić information content (AvgIpc) is 2.96. The number of nitrogens with zero attached hydrogens (tertiary/aromatic N) is 4. The highest BCUT2D eigenvalue weighted by molar-refractivity contribution is 5.79.